The summed E-state index contributed by atoms with van der Waals surface area (Å²) in [7, 11) is 0. The third-order valence-electron chi connectivity index (χ3n) is 4.01. The van der Waals surface area contributed by atoms with Crippen molar-refractivity contribution in [1.82, 2.24) is 9.88 Å². The number of hydrogen-bond acceptors (Lipinski definition) is 3. The van der Waals surface area contributed by atoms with Gasteiger partial charge in [-0.05, 0) is 29.8 Å². The van der Waals surface area contributed by atoms with Crippen molar-refractivity contribution in [2.45, 2.75) is 6.54 Å². The Balaban J connectivity index is 1.76. The SMILES string of the molecule is O=C1NC(=S)SC1=Cc1cn(Cc2ccc(Cl)cc2)c2ccccc12. The number of carbonyl (C=O) groups excluding carboxylic acids is 1. The van der Waals surface area contributed by atoms with Crippen LogP contribution in [0.5, 0.6) is 0 Å². The Bertz CT molecular complexity index is 1020. The van der Waals surface area contributed by atoms with Crippen LogP contribution in [0, 0.1) is 0 Å². The molecule has 3 nitrogen and oxygen atoms in total. The van der Waals surface area contributed by atoms with Crippen molar-refractivity contribution in [2.75, 3.05) is 0 Å². The fourth-order valence-corrected chi connectivity index (χ4v) is 4.03. The summed E-state index contributed by atoms with van der Waals surface area (Å²) >= 11 is 12.3. The zero-order valence-corrected chi connectivity index (χ0v) is 15.4. The lowest BCUT2D eigenvalue weighted by molar-refractivity contribution is -0.115. The number of thioether (sulfide) groups is 1. The lowest BCUT2D eigenvalue weighted by atomic mass is 10.1. The Morgan fingerprint density at radius 3 is 2.64 bits per heavy atom. The summed E-state index contributed by atoms with van der Waals surface area (Å²) in [5.41, 5.74) is 3.29. The number of nitrogens with zero attached hydrogens (tertiary/aromatic N) is 1. The minimum Gasteiger partial charge on any atom is -0.342 e. The monoisotopic (exact) mass is 384 g/mol. The van der Waals surface area contributed by atoms with E-state index in [0.29, 0.717) is 9.23 Å². The molecule has 0 aliphatic carbocycles. The summed E-state index contributed by atoms with van der Waals surface area (Å²) in [6, 6.07) is 16.0. The lowest BCUT2D eigenvalue weighted by Crippen LogP contribution is -2.17. The minimum absolute atomic E-state index is 0.135. The van der Waals surface area contributed by atoms with E-state index >= 15 is 0 Å². The van der Waals surface area contributed by atoms with Crippen LogP contribution in [0.15, 0.2) is 59.6 Å². The number of para-hydroxylation sites is 1. The van der Waals surface area contributed by atoms with Gasteiger partial charge in [0.05, 0.1) is 4.91 Å². The fourth-order valence-electron chi connectivity index (χ4n) is 2.87. The molecule has 1 saturated heterocycles. The molecule has 2 aromatic carbocycles. The zero-order chi connectivity index (χ0) is 17.4. The average Bonchev–Trinajstić information content (AvgIpc) is 3.10. The van der Waals surface area contributed by atoms with Crippen molar-refractivity contribution < 1.29 is 4.79 Å². The van der Waals surface area contributed by atoms with Crippen LogP contribution < -0.4 is 5.32 Å². The molecule has 0 atom stereocenters. The maximum absolute atomic E-state index is 11.9. The van der Waals surface area contributed by atoms with Gasteiger partial charge in [0.1, 0.15) is 4.32 Å². The second-order valence-corrected chi connectivity index (χ2v) is 7.86. The summed E-state index contributed by atoms with van der Waals surface area (Å²) in [5, 5.41) is 4.49. The maximum Gasteiger partial charge on any atom is 0.263 e. The maximum atomic E-state index is 11.9. The first kappa shape index (κ1) is 16.4. The molecule has 0 saturated carbocycles. The Morgan fingerprint density at radius 1 is 1.16 bits per heavy atom. The van der Waals surface area contributed by atoms with Crippen molar-refractivity contribution >= 4 is 62.8 Å². The highest BCUT2D eigenvalue weighted by Crippen LogP contribution is 2.30. The molecule has 2 heterocycles. The molecule has 1 N–H and O–H groups in total. The molecule has 0 bridgehead atoms. The third-order valence-corrected chi connectivity index (χ3v) is 5.43. The summed E-state index contributed by atoms with van der Waals surface area (Å²) in [4.78, 5) is 12.6. The van der Waals surface area contributed by atoms with E-state index in [4.69, 9.17) is 23.8 Å². The minimum atomic E-state index is -0.135. The number of nitrogens with one attached hydrogen (secondary N) is 1. The molecule has 6 heteroatoms. The van der Waals surface area contributed by atoms with Gasteiger partial charge in [-0.1, -0.05) is 65.9 Å². The van der Waals surface area contributed by atoms with Gasteiger partial charge in [0.25, 0.3) is 5.91 Å². The van der Waals surface area contributed by atoms with Crippen molar-refractivity contribution in [3.05, 3.63) is 75.8 Å². The number of fused-ring (bicyclic) bond motifs is 1. The van der Waals surface area contributed by atoms with Gasteiger partial charge in [-0.3, -0.25) is 4.79 Å². The molecule has 0 radical (unpaired) electrons. The molecule has 1 aromatic heterocycles. The first-order valence-electron chi connectivity index (χ1n) is 7.67. The van der Waals surface area contributed by atoms with Crippen LogP contribution in [0.2, 0.25) is 5.02 Å². The second-order valence-electron chi connectivity index (χ2n) is 5.71. The molecular formula is C19H13ClN2OS2. The molecule has 1 fully saturated rings. The van der Waals surface area contributed by atoms with Gasteiger partial charge in [0.2, 0.25) is 0 Å². The van der Waals surface area contributed by atoms with E-state index in [-0.39, 0.29) is 5.91 Å². The predicted molar refractivity (Wildman–Crippen MR) is 109 cm³/mol. The van der Waals surface area contributed by atoms with Gasteiger partial charge in [-0.15, -0.1) is 0 Å². The molecular weight excluding hydrogens is 372 g/mol. The third kappa shape index (κ3) is 3.35. The number of halogens is 1. The van der Waals surface area contributed by atoms with E-state index < -0.39 is 0 Å². The van der Waals surface area contributed by atoms with E-state index in [9.17, 15) is 4.79 Å². The quantitative estimate of drug-likeness (QED) is 0.518. The number of benzene rings is 2. The lowest BCUT2D eigenvalue weighted by Gasteiger charge is -2.05. The van der Waals surface area contributed by atoms with Crippen LogP contribution in [-0.2, 0) is 11.3 Å². The number of hydrogen-bond donors (Lipinski definition) is 1. The van der Waals surface area contributed by atoms with Crippen molar-refractivity contribution in [3.63, 3.8) is 0 Å². The van der Waals surface area contributed by atoms with Crippen LogP contribution in [0.25, 0.3) is 17.0 Å². The highest BCUT2D eigenvalue weighted by atomic mass is 35.5. The van der Waals surface area contributed by atoms with Gasteiger partial charge >= 0.3 is 0 Å². The van der Waals surface area contributed by atoms with Gasteiger partial charge in [-0.25, -0.2) is 0 Å². The summed E-state index contributed by atoms with van der Waals surface area (Å²) in [6.45, 7) is 0.735. The topological polar surface area (TPSA) is 34.0 Å². The van der Waals surface area contributed by atoms with Crippen LogP contribution in [0.4, 0.5) is 0 Å². The first-order valence-corrected chi connectivity index (χ1v) is 9.27. The van der Waals surface area contributed by atoms with E-state index in [2.05, 4.69) is 28.2 Å². The van der Waals surface area contributed by atoms with Crippen molar-refractivity contribution in [2.24, 2.45) is 0 Å². The van der Waals surface area contributed by atoms with E-state index in [1.54, 1.807) is 0 Å². The van der Waals surface area contributed by atoms with Crippen molar-refractivity contribution in [3.8, 4) is 0 Å². The first-order chi connectivity index (χ1) is 12.1. The normalized spacial score (nSPS) is 16.0. The molecule has 124 valence electrons. The second kappa shape index (κ2) is 6.67. The van der Waals surface area contributed by atoms with E-state index in [1.807, 2.05) is 42.5 Å². The standard InChI is InChI=1S/C19H13ClN2OS2/c20-14-7-5-12(6-8-14)10-22-11-13(15-3-1-2-4-16(15)22)9-17-18(23)21-19(24)25-17/h1-9,11H,10H2,(H,21,23,24). The molecule has 1 aliphatic rings. The number of amides is 1. The largest absolute Gasteiger partial charge is 0.342 e. The van der Waals surface area contributed by atoms with Crippen LogP contribution in [0.3, 0.4) is 0 Å². The van der Waals surface area contributed by atoms with Crippen LogP contribution in [-0.4, -0.2) is 14.8 Å². The van der Waals surface area contributed by atoms with E-state index in [0.717, 1.165) is 28.0 Å². The number of thiocarbonyl (C=S) groups is 1. The Labute approximate surface area is 159 Å². The summed E-state index contributed by atoms with van der Waals surface area (Å²) in [6.07, 6.45) is 3.97. The molecule has 0 spiro atoms. The number of aromatic nitrogens is 1. The number of carbonyl (C=O) groups is 1. The van der Waals surface area contributed by atoms with Gasteiger partial charge in [-0.2, -0.15) is 0 Å². The zero-order valence-electron chi connectivity index (χ0n) is 13.0. The molecule has 1 aliphatic heterocycles. The molecule has 0 unspecified atom stereocenters. The molecule has 4 rings (SSSR count). The predicted octanol–water partition coefficient (Wildman–Crippen LogP) is 4.83. The molecule has 3 aromatic rings. The molecule has 1 amide bonds. The Morgan fingerprint density at radius 2 is 1.92 bits per heavy atom. The van der Waals surface area contributed by atoms with E-state index in [1.165, 1.54) is 17.3 Å². The number of rotatable bonds is 3. The highest BCUT2D eigenvalue weighted by Gasteiger charge is 2.22. The van der Waals surface area contributed by atoms with Crippen LogP contribution >= 0.6 is 35.6 Å². The summed E-state index contributed by atoms with van der Waals surface area (Å²) < 4.78 is 2.68. The Hall–Kier alpha value is -2.08. The fraction of sp³-hybridized carbons (Fsp3) is 0.0526. The van der Waals surface area contributed by atoms with Crippen molar-refractivity contribution in [1.29, 1.82) is 0 Å². The highest BCUT2D eigenvalue weighted by molar-refractivity contribution is 8.26. The molecule has 25 heavy (non-hydrogen) atoms. The van der Waals surface area contributed by atoms with Gasteiger partial charge in [0, 0.05) is 34.2 Å². The summed E-state index contributed by atoms with van der Waals surface area (Å²) in [5.74, 6) is -0.135. The van der Waals surface area contributed by atoms with Gasteiger partial charge in [0.15, 0.2) is 0 Å². The van der Waals surface area contributed by atoms with Gasteiger partial charge < -0.3 is 9.88 Å². The smallest absolute Gasteiger partial charge is 0.263 e. The Kier molecular flexibility index (Phi) is 4.37. The van der Waals surface area contributed by atoms with Crippen LogP contribution in [0.1, 0.15) is 11.1 Å². The average molecular weight is 385 g/mol.